The third-order valence-corrected chi connectivity index (χ3v) is 2.90. The number of carbonyl (C=O) groups is 4. The second-order valence-electron chi connectivity index (χ2n) is 4.97. The average molecular weight is 332 g/mol. The zero-order valence-electron chi connectivity index (χ0n) is 13.4. The third-order valence-electron chi connectivity index (χ3n) is 2.90. The van der Waals surface area contributed by atoms with Crippen LogP contribution in [0, 0.1) is 0 Å². The molecule has 0 saturated carbocycles. The molecule has 130 valence electrons. The van der Waals surface area contributed by atoms with Gasteiger partial charge in [0.2, 0.25) is 0 Å². The van der Waals surface area contributed by atoms with E-state index >= 15 is 0 Å². The molecule has 0 N–H and O–H groups in total. The molecule has 0 aromatic heterocycles. The van der Waals surface area contributed by atoms with Crippen molar-refractivity contribution in [2.24, 2.45) is 0 Å². The van der Waals surface area contributed by atoms with Gasteiger partial charge in [0.25, 0.3) is 0 Å². The zero-order chi connectivity index (χ0) is 17.6. The van der Waals surface area contributed by atoms with Gasteiger partial charge in [-0.3, -0.25) is 19.2 Å². The number of hydrogen-bond donors (Lipinski definition) is 0. The smallest absolute Gasteiger partial charge is 0.303 e. The van der Waals surface area contributed by atoms with Crippen LogP contribution in [0.25, 0.3) is 0 Å². The van der Waals surface area contributed by atoms with Crippen LogP contribution in [0.1, 0.15) is 27.7 Å². The zero-order valence-corrected chi connectivity index (χ0v) is 13.4. The van der Waals surface area contributed by atoms with Gasteiger partial charge in [0.1, 0.15) is 12.7 Å². The van der Waals surface area contributed by atoms with E-state index in [0.717, 1.165) is 0 Å². The minimum Gasteiger partial charge on any atom is -0.463 e. The summed E-state index contributed by atoms with van der Waals surface area (Å²) in [6, 6.07) is 0. The van der Waals surface area contributed by atoms with Crippen molar-refractivity contribution in [3.63, 3.8) is 0 Å². The summed E-state index contributed by atoms with van der Waals surface area (Å²) in [4.78, 5) is 44.8. The van der Waals surface area contributed by atoms with E-state index in [1.807, 2.05) is 0 Å². The van der Waals surface area contributed by atoms with Crippen molar-refractivity contribution in [2.45, 2.75) is 52.1 Å². The third kappa shape index (κ3) is 6.23. The molecule has 0 bridgehead atoms. The van der Waals surface area contributed by atoms with Crippen molar-refractivity contribution in [3.8, 4) is 0 Å². The molecule has 1 fully saturated rings. The Kier molecular flexibility index (Phi) is 6.95. The van der Waals surface area contributed by atoms with Crippen LogP contribution >= 0.6 is 0 Å². The van der Waals surface area contributed by atoms with Gasteiger partial charge >= 0.3 is 23.9 Å². The topological polar surface area (TPSA) is 114 Å². The van der Waals surface area contributed by atoms with Crippen molar-refractivity contribution in [1.29, 1.82) is 0 Å². The predicted octanol–water partition coefficient (Wildman–Crippen LogP) is -0.257. The first-order chi connectivity index (χ1) is 10.7. The Morgan fingerprint density at radius 2 is 1.35 bits per heavy atom. The first kappa shape index (κ1) is 18.9. The van der Waals surface area contributed by atoms with Crippen molar-refractivity contribution in [2.75, 3.05) is 13.2 Å². The van der Waals surface area contributed by atoms with Gasteiger partial charge < -0.3 is 23.7 Å². The fraction of sp³-hybridized carbons (Fsp3) is 0.714. The van der Waals surface area contributed by atoms with Gasteiger partial charge in [-0.2, -0.15) is 0 Å². The largest absolute Gasteiger partial charge is 0.463 e. The highest BCUT2D eigenvalue weighted by Gasteiger charge is 2.47. The Balaban J connectivity index is 2.98. The van der Waals surface area contributed by atoms with E-state index in [0.29, 0.717) is 0 Å². The second kappa shape index (κ2) is 8.47. The molecule has 0 spiro atoms. The van der Waals surface area contributed by atoms with Gasteiger partial charge in [-0.05, 0) is 0 Å². The van der Waals surface area contributed by atoms with Crippen molar-refractivity contribution in [3.05, 3.63) is 0 Å². The van der Waals surface area contributed by atoms with Crippen LogP contribution < -0.4 is 0 Å². The maximum atomic E-state index is 11.3. The quantitative estimate of drug-likeness (QED) is 0.496. The van der Waals surface area contributed by atoms with Gasteiger partial charge in [-0.25, -0.2) is 0 Å². The van der Waals surface area contributed by atoms with E-state index in [4.69, 9.17) is 23.7 Å². The highest BCUT2D eigenvalue weighted by molar-refractivity contribution is 5.68. The number of hydrogen-bond acceptors (Lipinski definition) is 9. The molecular formula is C14H20O9. The molecule has 0 radical (unpaired) electrons. The monoisotopic (exact) mass is 332 g/mol. The maximum Gasteiger partial charge on any atom is 0.303 e. The van der Waals surface area contributed by atoms with Crippen LogP contribution in [-0.2, 0) is 42.9 Å². The summed E-state index contributed by atoms with van der Waals surface area (Å²) in [6.07, 6.45) is -3.92. The van der Waals surface area contributed by atoms with Crippen molar-refractivity contribution < 1.29 is 42.9 Å². The summed E-state index contributed by atoms with van der Waals surface area (Å²) in [5.74, 6) is -2.43. The highest BCUT2D eigenvalue weighted by atomic mass is 16.7. The molecule has 1 heterocycles. The van der Waals surface area contributed by atoms with E-state index in [-0.39, 0.29) is 13.2 Å². The Morgan fingerprint density at radius 1 is 0.826 bits per heavy atom. The Bertz CT molecular complexity index is 473. The lowest BCUT2D eigenvalue weighted by molar-refractivity contribution is -0.231. The predicted molar refractivity (Wildman–Crippen MR) is 73.0 cm³/mol. The van der Waals surface area contributed by atoms with Crippen molar-refractivity contribution >= 4 is 23.9 Å². The lowest BCUT2D eigenvalue weighted by Crippen LogP contribution is -2.58. The van der Waals surface area contributed by atoms with Gasteiger partial charge in [0, 0.05) is 27.7 Å². The average Bonchev–Trinajstić information content (AvgIpc) is 2.39. The summed E-state index contributed by atoms with van der Waals surface area (Å²) in [6.45, 7) is 4.46. The maximum absolute atomic E-state index is 11.3. The van der Waals surface area contributed by atoms with Crippen LogP contribution in [0.5, 0.6) is 0 Å². The first-order valence-electron chi connectivity index (χ1n) is 6.97. The van der Waals surface area contributed by atoms with Crippen LogP contribution in [0.2, 0.25) is 0 Å². The second-order valence-corrected chi connectivity index (χ2v) is 4.97. The van der Waals surface area contributed by atoms with Crippen LogP contribution in [0.15, 0.2) is 0 Å². The molecule has 1 aliphatic rings. The van der Waals surface area contributed by atoms with E-state index in [1.165, 1.54) is 27.7 Å². The highest BCUT2D eigenvalue weighted by Crippen LogP contribution is 2.24. The molecule has 0 amide bonds. The van der Waals surface area contributed by atoms with Crippen molar-refractivity contribution in [1.82, 2.24) is 0 Å². The number of ether oxygens (including phenoxy) is 5. The van der Waals surface area contributed by atoms with Gasteiger partial charge in [0.05, 0.1) is 6.61 Å². The molecular weight excluding hydrogens is 312 g/mol. The summed E-state index contributed by atoms with van der Waals surface area (Å²) < 4.78 is 25.6. The Labute approximate surface area is 133 Å². The molecule has 1 saturated heterocycles. The first-order valence-corrected chi connectivity index (χ1v) is 6.97. The summed E-state index contributed by atoms with van der Waals surface area (Å²) in [7, 11) is 0. The minimum atomic E-state index is -1.08. The van der Waals surface area contributed by atoms with Gasteiger partial charge in [-0.1, -0.05) is 0 Å². The number of esters is 4. The molecule has 0 aromatic carbocycles. The lowest BCUT2D eigenvalue weighted by Gasteiger charge is -2.40. The molecule has 9 nitrogen and oxygen atoms in total. The van der Waals surface area contributed by atoms with E-state index in [9.17, 15) is 19.2 Å². The summed E-state index contributed by atoms with van der Waals surface area (Å²) >= 11 is 0. The standard InChI is InChI=1S/C14H20O9/c1-7(15)19-5-11-13(22-9(3)17)14(23-10(4)18)12(6-20-11)21-8(2)16/h11-14H,5-6H2,1-4H3/t11?,12-,13?,14?/m0/s1. The molecule has 1 rings (SSSR count). The molecule has 0 aromatic rings. The van der Waals surface area contributed by atoms with Crippen LogP contribution in [-0.4, -0.2) is 61.5 Å². The van der Waals surface area contributed by atoms with Crippen LogP contribution in [0.3, 0.4) is 0 Å². The lowest BCUT2D eigenvalue weighted by atomic mass is 9.99. The molecule has 0 aliphatic carbocycles. The molecule has 23 heavy (non-hydrogen) atoms. The van der Waals surface area contributed by atoms with E-state index in [2.05, 4.69) is 0 Å². The molecule has 9 heteroatoms. The number of rotatable bonds is 5. The summed E-state index contributed by atoms with van der Waals surface area (Å²) in [5.41, 5.74) is 0. The fourth-order valence-electron chi connectivity index (χ4n) is 2.16. The minimum absolute atomic E-state index is 0.0960. The van der Waals surface area contributed by atoms with E-state index in [1.54, 1.807) is 0 Å². The normalized spacial score (nSPS) is 26.8. The molecule has 3 unspecified atom stereocenters. The van der Waals surface area contributed by atoms with Gasteiger partial charge in [-0.15, -0.1) is 0 Å². The summed E-state index contributed by atoms with van der Waals surface area (Å²) in [5, 5.41) is 0. The fourth-order valence-corrected chi connectivity index (χ4v) is 2.16. The SMILES string of the molecule is CC(=O)OCC1OC[C@H](OC(C)=O)C(OC(C)=O)C1OC(C)=O. The Hall–Kier alpha value is -2.16. The molecule has 1 aliphatic heterocycles. The number of carbonyl (C=O) groups excluding carboxylic acids is 4. The Morgan fingerprint density at radius 3 is 1.83 bits per heavy atom. The molecule has 4 atom stereocenters. The van der Waals surface area contributed by atoms with E-state index < -0.39 is 48.3 Å². The van der Waals surface area contributed by atoms with Crippen LogP contribution in [0.4, 0.5) is 0 Å². The van der Waals surface area contributed by atoms with Gasteiger partial charge in [0.15, 0.2) is 18.3 Å².